The van der Waals surface area contributed by atoms with E-state index in [0.717, 1.165) is 19.6 Å². The number of nitrogens with one attached hydrogen (secondary N) is 1. The monoisotopic (exact) mass is 233 g/mol. The molecule has 1 rings (SSSR count). The molecule has 0 spiro atoms. The van der Waals surface area contributed by atoms with Crippen molar-refractivity contribution in [1.29, 1.82) is 5.26 Å². The summed E-state index contributed by atoms with van der Waals surface area (Å²) in [6.07, 6.45) is 3.11. The van der Waals surface area contributed by atoms with Gasteiger partial charge in [0.15, 0.2) is 11.5 Å². The fraction of sp³-hybridized carbons (Fsp3) is 0.583. The number of hydrogen-bond donors (Lipinski definition) is 1. The van der Waals surface area contributed by atoms with E-state index in [1.54, 1.807) is 6.20 Å². The molecule has 0 bridgehead atoms. The summed E-state index contributed by atoms with van der Waals surface area (Å²) in [5, 5.41) is 12.0. The first-order chi connectivity index (χ1) is 8.19. The Bertz CT molecular complexity index is 383. The van der Waals surface area contributed by atoms with Gasteiger partial charge in [0.1, 0.15) is 6.07 Å². The van der Waals surface area contributed by atoms with Crippen LogP contribution in [-0.4, -0.2) is 40.5 Å². The lowest BCUT2D eigenvalue weighted by Crippen LogP contribution is -2.34. The Labute approximate surface area is 102 Å². The van der Waals surface area contributed by atoms with Crippen LogP contribution in [0.3, 0.4) is 0 Å². The first kappa shape index (κ1) is 13.4. The Hall–Kier alpha value is -1.67. The molecule has 0 atom stereocenters. The van der Waals surface area contributed by atoms with Crippen LogP contribution in [-0.2, 0) is 0 Å². The predicted molar refractivity (Wildman–Crippen MR) is 67.6 cm³/mol. The van der Waals surface area contributed by atoms with Crippen molar-refractivity contribution in [1.82, 2.24) is 14.9 Å². The van der Waals surface area contributed by atoms with Crippen LogP contribution < -0.4 is 5.32 Å². The van der Waals surface area contributed by atoms with E-state index in [1.165, 1.54) is 6.20 Å². The van der Waals surface area contributed by atoms with E-state index in [4.69, 9.17) is 5.26 Å². The third kappa shape index (κ3) is 4.00. The molecular weight excluding hydrogens is 214 g/mol. The van der Waals surface area contributed by atoms with Gasteiger partial charge in [-0.2, -0.15) is 5.26 Å². The molecule has 0 amide bonds. The quantitative estimate of drug-likeness (QED) is 0.806. The number of nitriles is 1. The molecule has 1 N–H and O–H groups in total. The zero-order valence-electron chi connectivity index (χ0n) is 10.6. The summed E-state index contributed by atoms with van der Waals surface area (Å²) in [5.74, 6) is 0.565. The molecule has 0 aromatic carbocycles. The average Bonchev–Trinajstić information content (AvgIpc) is 2.34. The van der Waals surface area contributed by atoms with Crippen molar-refractivity contribution < 1.29 is 0 Å². The van der Waals surface area contributed by atoms with E-state index >= 15 is 0 Å². The van der Waals surface area contributed by atoms with Crippen molar-refractivity contribution in [3.05, 3.63) is 18.1 Å². The van der Waals surface area contributed by atoms with E-state index in [9.17, 15) is 0 Å². The summed E-state index contributed by atoms with van der Waals surface area (Å²) in [6, 6.07) is 2.55. The third-order valence-electron chi connectivity index (χ3n) is 2.63. The maximum atomic E-state index is 8.86. The molecule has 0 aliphatic carbocycles. The summed E-state index contributed by atoms with van der Waals surface area (Å²) in [5.41, 5.74) is 0.347. The topological polar surface area (TPSA) is 64.8 Å². The van der Waals surface area contributed by atoms with Crippen LogP contribution >= 0.6 is 0 Å². The summed E-state index contributed by atoms with van der Waals surface area (Å²) < 4.78 is 0. The lowest BCUT2D eigenvalue weighted by Gasteiger charge is -2.24. The highest BCUT2D eigenvalue weighted by atomic mass is 15.2. The molecule has 5 nitrogen and oxygen atoms in total. The molecule has 0 fully saturated rings. The zero-order chi connectivity index (χ0) is 12.7. The molecule has 5 heteroatoms. The second kappa shape index (κ2) is 6.81. The van der Waals surface area contributed by atoms with Crippen molar-refractivity contribution in [2.24, 2.45) is 0 Å². The van der Waals surface area contributed by atoms with Gasteiger partial charge < -0.3 is 5.32 Å². The highest BCUT2D eigenvalue weighted by Crippen LogP contribution is 2.06. The molecule has 1 aromatic rings. The van der Waals surface area contributed by atoms with Crippen LogP contribution in [0.2, 0.25) is 0 Å². The Balaban J connectivity index is 2.48. The molecule has 0 radical (unpaired) electrons. The molecule has 0 aliphatic heterocycles. The Kier molecular flexibility index (Phi) is 5.37. The first-order valence-corrected chi connectivity index (χ1v) is 5.88. The van der Waals surface area contributed by atoms with Crippen LogP contribution in [0.15, 0.2) is 12.4 Å². The minimum absolute atomic E-state index is 0.347. The molecule has 17 heavy (non-hydrogen) atoms. The maximum absolute atomic E-state index is 8.86. The van der Waals surface area contributed by atoms with E-state index in [1.807, 2.05) is 6.07 Å². The Morgan fingerprint density at radius 2 is 2.12 bits per heavy atom. The summed E-state index contributed by atoms with van der Waals surface area (Å²) in [7, 11) is 0. The predicted octanol–water partition coefficient (Wildman–Crippen LogP) is 1.49. The standard InChI is InChI=1S/C12H19N5/c1-4-17(10(2)3)8-7-16-12-11(9-13)14-5-6-15-12/h5-6,10H,4,7-8H2,1-3H3,(H,15,16). The fourth-order valence-corrected chi connectivity index (χ4v) is 1.65. The van der Waals surface area contributed by atoms with Crippen LogP contribution in [0.25, 0.3) is 0 Å². The van der Waals surface area contributed by atoms with Gasteiger partial charge in [-0.05, 0) is 20.4 Å². The van der Waals surface area contributed by atoms with Crippen molar-refractivity contribution >= 4 is 5.82 Å². The molecule has 1 aromatic heterocycles. The van der Waals surface area contributed by atoms with Crippen LogP contribution in [0, 0.1) is 11.3 Å². The Morgan fingerprint density at radius 3 is 2.71 bits per heavy atom. The van der Waals surface area contributed by atoms with Crippen molar-refractivity contribution in [2.75, 3.05) is 25.0 Å². The van der Waals surface area contributed by atoms with Gasteiger partial charge in [-0.25, -0.2) is 9.97 Å². The smallest absolute Gasteiger partial charge is 0.182 e. The molecule has 0 aliphatic rings. The molecule has 0 saturated carbocycles. The van der Waals surface area contributed by atoms with Crippen molar-refractivity contribution in [3.8, 4) is 6.07 Å². The minimum Gasteiger partial charge on any atom is -0.366 e. The van der Waals surface area contributed by atoms with Gasteiger partial charge in [-0.3, -0.25) is 4.90 Å². The molecule has 92 valence electrons. The number of hydrogen-bond acceptors (Lipinski definition) is 5. The zero-order valence-corrected chi connectivity index (χ0v) is 10.6. The second-order valence-corrected chi connectivity index (χ2v) is 4.01. The number of rotatable bonds is 6. The van der Waals surface area contributed by atoms with Crippen LogP contribution in [0.4, 0.5) is 5.82 Å². The maximum Gasteiger partial charge on any atom is 0.182 e. The lowest BCUT2D eigenvalue weighted by molar-refractivity contribution is 0.243. The lowest BCUT2D eigenvalue weighted by atomic mass is 10.3. The number of likely N-dealkylation sites (N-methyl/N-ethyl adjacent to an activating group) is 1. The molecule has 0 unspecified atom stereocenters. The second-order valence-electron chi connectivity index (χ2n) is 4.01. The van der Waals surface area contributed by atoms with Gasteiger partial charge in [-0.1, -0.05) is 6.92 Å². The number of nitrogens with zero attached hydrogens (tertiary/aromatic N) is 4. The van der Waals surface area contributed by atoms with Gasteiger partial charge in [0.25, 0.3) is 0 Å². The summed E-state index contributed by atoms with van der Waals surface area (Å²) in [6.45, 7) is 9.20. The molecule has 0 saturated heterocycles. The van der Waals surface area contributed by atoms with Gasteiger partial charge >= 0.3 is 0 Å². The highest BCUT2D eigenvalue weighted by molar-refractivity contribution is 5.46. The fourth-order valence-electron chi connectivity index (χ4n) is 1.65. The molecule has 1 heterocycles. The van der Waals surface area contributed by atoms with Crippen LogP contribution in [0.5, 0.6) is 0 Å². The van der Waals surface area contributed by atoms with Gasteiger partial charge in [0.05, 0.1) is 0 Å². The SMILES string of the molecule is CCN(CCNc1nccnc1C#N)C(C)C. The van der Waals surface area contributed by atoms with Gasteiger partial charge in [0.2, 0.25) is 0 Å². The highest BCUT2D eigenvalue weighted by Gasteiger charge is 2.07. The average molecular weight is 233 g/mol. The minimum atomic E-state index is 0.347. The van der Waals surface area contributed by atoms with E-state index < -0.39 is 0 Å². The number of anilines is 1. The molecular formula is C12H19N5. The first-order valence-electron chi connectivity index (χ1n) is 5.88. The summed E-state index contributed by atoms with van der Waals surface area (Å²) in [4.78, 5) is 10.4. The van der Waals surface area contributed by atoms with Crippen molar-refractivity contribution in [3.63, 3.8) is 0 Å². The van der Waals surface area contributed by atoms with Gasteiger partial charge in [-0.15, -0.1) is 0 Å². The number of aromatic nitrogens is 2. The Morgan fingerprint density at radius 1 is 1.41 bits per heavy atom. The van der Waals surface area contributed by atoms with E-state index in [0.29, 0.717) is 17.6 Å². The normalized spacial score (nSPS) is 10.6. The van der Waals surface area contributed by atoms with Gasteiger partial charge in [0, 0.05) is 31.5 Å². The van der Waals surface area contributed by atoms with Crippen molar-refractivity contribution in [2.45, 2.75) is 26.8 Å². The van der Waals surface area contributed by atoms with E-state index in [2.05, 4.69) is 41.0 Å². The summed E-state index contributed by atoms with van der Waals surface area (Å²) >= 11 is 0. The van der Waals surface area contributed by atoms with E-state index in [-0.39, 0.29) is 0 Å². The van der Waals surface area contributed by atoms with Crippen LogP contribution in [0.1, 0.15) is 26.5 Å². The third-order valence-corrected chi connectivity index (χ3v) is 2.63. The largest absolute Gasteiger partial charge is 0.366 e.